The second-order valence-corrected chi connectivity index (χ2v) is 14.3. The average molecular weight is 674 g/mol. The van der Waals surface area contributed by atoms with Gasteiger partial charge in [0.25, 0.3) is 0 Å². The molecule has 12 rings (SSSR count). The van der Waals surface area contributed by atoms with Crippen molar-refractivity contribution in [2.24, 2.45) is 0 Å². The normalized spacial score (nSPS) is 13.8. The lowest BCUT2D eigenvalue weighted by atomic mass is 9.70. The SMILES string of the molecule is c1ccc(-c2nc3cccc4c3n2-c2ccc(-c3ccc5c(c3)C3(c6ccccc6-c6ccccc63)c3ccccc3-5)cc2N4c2ccccc2)cc1. The largest absolute Gasteiger partial charge is 0.306 e. The van der Waals surface area contributed by atoms with Crippen molar-refractivity contribution in [3.63, 3.8) is 0 Å². The van der Waals surface area contributed by atoms with E-state index >= 15 is 0 Å². The molecule has 53 heavy (non-hydrogen) atoms. The molecule has 1 aromatic heterocycles. The Bertz CT molecular complexity index is 2890. The Morgan fingerprint density at radius 2 is 0.943 bits per heavy atom. The Kier molecular flexibility index (Phi) is 5.70. The van der Waals surface area contributed by atoms with Gasteiger partial charge in [0.1, 0.15) is 5.82 Å². The first-order valence-electron chi connectivity index (χ1n) is 18.3. The van der Waals surface area contributed by atoms with Gasteiger partial charge in [-0.05, 0) is 98.1 Å². The van der Waals surface area contributed by atoms with Gasteiger partial charge in [-0.25, -0.2) is 4.98 Å². The van der Waals surface area contributed by atoms with Crippen molar-refractivity contribution in [1.29, 1.82) is 0 Å². The topological polar surface area (TPSA) is 21.1 Å². The summed E-state index contributed by atoms with van der Waals surface area (Å²) < 4.78 is 2.36. The number of hydrogen-bond acceptors (Lipinski definition) is 2. The number of benzene rings is 8. The molecule has 3 aliphatic rings. The minimum Gasteiger partial charge on any atom is -0.306 e. The maximum Gasteiger partial charge on any atom is 0.145 e. The molecular weight excluding hydrogens is 643 g/mol. The zero-order valence-corrected chi connectivity index (χ0v) is 28.7. The van der Waals surface area contributed by atoms with Gasteiger partial charge < -0.3 is 4.90 Å². The van der Waals surface area contributed by atoms with E-state index in [1.807, 2.05) is 0 Å². The van der Waals surface area contributed by atoms with Crippen molar-refractivity contribution in [2.45, 2.75) is 5.41 Å². The molecular formula is C50H31N3. The molecule has 3 nitrogen and oxygen atoms in total. The molecule has 8 aromatic carbocycles. The lowest BCUT2D eigenvalue weighted by Gasteiger charge is -2.33. The molecule has 0 saturated heterocycles. The Morgan fingerprint density at radius 3 is 1.62 bits per heavy atom. The van der Waals surface area contributed by atoms with Gasteiger partial charge >= 0.3 is 0 Å². The summed E-state index contributed by atoms with van der Waals surface area (Å²) in [5.41, 5.74) is 20.4. The Morgan fingerprint density at radius 1 is 0.377 bits per heavy atom. The Labute approximate surface area is 307 Å². The van der Waals surface area contributed by atoms with E-state index in [0.29, 0.717) is 0 Å². The first-order valence-corrected chi connectivity index (χ1v) is 18.3. The Hall–Kier alpha value is -6.97. The third kappa shape index (κ3) is 3.70. The van der Waals surface area contributed by atoms with Gasteiger partial charge in [-0.1, -0.05) is 146 Å². The molecule has 0 radical (unpaired) electrons. The number of para-hydroxylation sites is 2. The summed E-state index contributed by atoms with van der Waals surface area (Å²) in [5.74, 6) is 0.950. The molecule has 246 valence electrons. The second kappa shape index (κ2) is 10.5. The molecule has 0 fully saturated rings. The van der Waals surface area contributed by atoms with E-state index in [4.69, 9.17) is 4.98 Å². The molecule has 9 aromatic rings. The molecule has 0 unspecified atom stereocenters. The monoisotopic (exact) mass is 673 g/mol. The van der Waals surface area contributed by atoms with Crippen LogP contribution in [0.2, 0.25) is 0 Å². The van der Waals surface area contributed by atoms with E-state index in [-0.39, 0.29) is 5.41 Å². The summed E-state index contributed by atoms with van der Waals surface area (Å²) in [4.78, 5) is 7.64. The van der Waals surface area contributed by atoms with Crippen molar-refractivity contribution >= 4 is 28.1 Å². The molecule has 3 heteroatoms. The van der Waals surface area contributed by atoms with Crippen LogP contribution in [0.25, 0.3) is 61.5 Å². The Balaban J connectivity index is 1.11. The van der Waals surface area contributed by atoms with Gasteiger partial charge in [0.2, 0.25) is 0 Å². The zero-order valence-electron chi connectivity index (χ0n) is 28.7. The minimum atomic E-state index is -0.384. The number of rotatable bonds is 3. The maximum atomic E-state index is 5.24. The van der Waals surface area contributed by atoms with Gasteiger partial charge in [-0.2, -0.15) is 0 Å². The van der Waals surface area contributed by atoms with Crippen LogP contribution in [0.4, 0.5) is 17.1 Å². The first kappa shape index (κ1) is 28.7. The van der Waals surface area contributed by atoms with Crippen LogP contribution >= 0.6 is 0 Å². The minimum absolute atomic E-state index is 0.384. The van der Waals surface area contributed by atoms with Crippen LogP contribution in [0.5, 0.6) is 0 Å². The highest BCUT2D eigenvalue weighted by atomic mass is 15.2. The lowest BCUT2D eigenvalue weighted by Crippen LogP contribution is -2.25. The smallest absolute Gasteiger partial charge is 0.145 e. The highest BCUT2D eigenvalue weighted by Gasteiger charge is 2.51. The maximum absolute atomic E-state index is 5.24. The fraction of sp³-hybridized carbons (Fsp3) is 0.0200. The summed E-state index contributed by atoms with van der Waals surface area (Å²) in [7, 11) is 0. The molecule has 0 saturated carbocycles. The number of nitrogens with zero attached hydrogens (tertiary/aromatic N) is 3. The molecule has 0 N–H and O–H groups in total. The molecule has 0 amide bonds. The van der Waals surface area contributed by atoms with Gasteiger partial charge in [-0.3, -0.25) is 4.57 Å². The van der Waals surface area contributed by atoms with Crippen molar-refractivity contribution < 1.29 is 0 Å². The molecule has 1 aliphatic heterocycles. The number of fused-ring (bicyclic) bond motifs is 12. The summed E-state index contributed by atoms with van der Waals surface area (Å²) in [6.07, 6.45) is 0. The third-order valence-electron chi connectivity index (χ3n) is 11.7. The summed E-state index contributed by atoms with van der Waals surface area (Å²) in [6, 6.07) is 68.9. The predicted molar refractivity (Wildman–Crippen MR) is 216 cm³/mol. The number of aromatic nitrogens is 2. The van der Waals surface area contributed by atoms with Crippen LogP contribution in [-0.4, -0.2) is 9.55 Å². The quantitative estimate of drug-likeness (QED) is 0.186. The number of anilines is 3. The summed E-state index contributed by atoms with van der Waals surface area (Å²) >= 11 is 0. The molecule has 2 heterocycles. The average Bonchev–Trinajstić information content (AvgIpc) is 3.87. The lowest BCUT2D eigenvalue weighted by molar-refractivity contribution is 0.794. The predicted octanol–water partition coefficient (Wildman–Crippen LogP) is 12.5. The second-order valence-electron chi connectivity index (χ2n) is 14.3. The van der Waals surface area contributed by atoms with Gasteiger partial charge in [0.05, 0.1) is 33.5 Å². The highest BCUT2D eigenvalue weighted by Crippen LogP contribution is 2.63. The van der Waals surface area contributed by atoms with E-state index in [9.17, 15) is 0 Å². The summed E-state index contributed by atoms with van der Waals surface area (Å²) in [5, 5.41) is 0. The van der Waals surface area contributed by atoms with Gasteiger partial charge in [0, 0.05) is 11.3 Å². The van der Waals surface area contributed by atoms with Gasteiger partial charge in [-0.15, -0.1) is 0 Å². The van der Waals surface area contributed by atoms with E-state index < -0.39 is 0 Å². The van der Waals surface area contributed by atoms with Crippen molar-refractivity contribution in [2.75, 3.05) is 4.90 Å². The fourth-order valence-corrected chi connectivity index (χ4v) is 9.64. The standard InChI is InChI=1S/C50H31N3/c1-3-14-32(15-4-1)49-51-44-24-13-25-46-48(44)53(49)45-29-27-34(31-47(45)52(46)35-16-5-2-6-17-35)33-26-28-39-38-20-9-12-23-42(38)50(43(39)30-33)40-21-10-7-18-36(40)37-19-8-11-22-41(37)50/h1-31H. The van der Waals surface area contributed by atoms with Crippen molar-refractivity contribution in [3.8, 4) is 50.5 Å². The summed E-state index contributed by atoms with van der Waals surface area (Å²) in [6.45, 7) is 0. The van der Waals surface area contributed by atoms with Crippen LogP contribution in [0.3, 0.4) is 0 Å². The van der Waals surface area contributed by atoms with Crippen LogP contribution in [0.15, 0.2) is 188 Å². The van der Waals surface area contributed by atoms with Gasteiger partial charge in [0.15, 0.2) is 0 Å². The van der Waals surface area contributed by atoms with Crippen LogP contribution in [0.1, 0.15) is 22.3 Å². The van der Waals surface area contributed by atoms with Crippen LogP contribution in [-0.2, 0) is 5.41 Å². The van der Waals surface area contributed by atoms with E-state index in [0.717, 1.165) is 45.2 Å². The number of imidazole rings is 1. The van der Waals surface area contributed by atoms with E-state index in [1.165, 1.54) is 55.6 Å². The van der Waals surface area contributed by atoms with Crippen LogP contribution < -0.4 is 4.90 Å². The third-order valence-corrected chi connectivity index (χ3v) is 11.7. The van der Waals surface area contributed by atoms with Crippen molar-refractivity contribution in [3.05, 3.63) is 210 Å². The molecule has 0 bridgehead atoms. The molecule has 2 aliphatic carbocycles. The van der Waals surface area contributed by atoms with Crippen molar-refractivity contribution in [1.82, 2.24) is 9.55 Å². The molecule has 1 spiro atoms. The highest BCUT2D eigenvalue weighted by molar-refractivity contribution is 6.04. The molecule has 0 atom stereocenters. The van der Waals surface area contributed by atoms with E-state index in [1.54, 1.807) is 0 Å². The number of hydrogen-bond donors (Lipinski definition) is 0. The zero-order chi connectivity index (χ0) is 34.7. The fourth-order valence-electron chi connectivity index (χ4n) is 9.64. The first-order chi connectivity index (χ1) is 26.3. The van der Waals surface area contributed by atoms with Crippen LogP contribution in [0, 0.1) is 0 Å². The van der Waals surface area contributed by atoms with E-state index in [2.05, 4.69) is 198 Å².